The minimum absolute atomic E-state index is 0.0556. The molecule has 0 aromatic heterocycles. The predicted molar refractivity (Wildman–Crippen MR) is 26.0 cm³/mol. The fourth-order valence-corrected chi connectivity index (χ4v) is 0.403. The Morgan fingerprint density at radius 1 is 1.86 bits per heavy atom. The maximum atomic E-state index is 5.39. The van der Waals surface area contributed by atoms with Gasteiger partial charge in [0.25, 0.3) is 0 Å². The summed E-state index contributed by atoms with van der Waals surface area (Å²) in [5.41, 5.74) is 5.39. The molecule has 0 fully saturated rings. The van der Waals surface area contributed by atoms with Gasteiger partial charge < -0.3 is 10.6 Å². The number of nitrogens with zero attached hydrogens (tertiary/aromatic N) is 1. The quantitative estimate of drug-likeness (QED) is 0.452. The number of rotatable bonds is 0. The van der Waals surface area contributed by atoms with E-state index in [-0.39, 0.29) is 6.17 Å². The number of hydrogen-bond acceptors (Lipinski definition) is 3. The second-order valence-electron chi connectivity index (χ2n) is 1.47. The van der Waals surface area contributed by atoms with Crippen LogP contribution in [0.4, 0.5) is 0 Å². The summed E-state index contributed by atoms with van der Waals surface area (Å²) in [6.07, 6.45) is 3.30. The van der Waals surface area contributed by atoms with Gasteiger partial charge in [0.15, 0.2) is 0 Å². The van der Waals surface area contributed by atoms with Gasteiger partial charge in [-0.15, -0.1) is 5.06 Å². The lowest BCUT2D eigenvalue weighted by molar-refractivity contribution is -0.0771. The van der Waals surface area contributed by atoms with Crippen LogP contribution in [0.3, 0.4) is 0 Å². The van der Waals surface area contributed by atoms with E-state index in [9.17, 15) is 0 Å². The van der Waals surface area contributed by atoms with Gasteiger partial charge >= 0.3 is 0 Å². The van der Waals surface area contributed by atoms with Crippen molar-refractivity contribution >= 4 is 0 Å². The third-order valence-corrected chi connectivity index (χ3v) is 0.923. The highest BCUT2D eigenvalue weighted by molar-refractivity contribution is 4.87. The standard InChI is InChI=1S/C4H8N2O/c1-6-4(5)2-3-7-6/h2-4H,5H2,1H3. The van der Waals surface area contributed by atoms with E-state index in [0.29, 0.717) is 0 Å². The highest BCUT2D eigenvalue weighted by Crippen LogP contribution is 2.00. The van der Waals surface area contributed by atoms with E-state index in [1.807, 2.05) is 0 Å². The number of nitrogens with two attached hydrogens (primary N) is 1. The average molecular weight is 100 g/mol. The number of hydroxylamine groups is 2. The number of hydrogen-bond donors (Lipinski definition) is 1. The highest BCUT2D eigenvalue weighted by atomic mass is 16.7. The molecule has 1 rings (SSSR count). The normalized spacial score (nSPS) is 30.9. The topological polar surface area (TPSA) is 38.5 Å². The van der Waals surface area contributed by atoms with E-state index < -0.39 is 0 Å². The average Bonchev–Trinajstić information content (AvgIpc) is 1.91. The van der Waals surface area contributed by atoms with Crippen molar-refractivity contribution in [2.24, 2.45) is 5.73 Å². The molecule has 0 saturated carbocycles. The maximum Gasteiger partial charge on any atom is 0.114 e. The van der Waals surface area contributed by atoms with Crippen LogP contribution in [-0.2, 0) is 4.84 Å². The zero-order valence-electron chi connectivity index (χ0n) is 4.16. The molecule has 1 unspecified atom stereocenters. The maximum absolute atomic E-state index is 5.39. The highest BCUT2D eigenvalue weighted by Gasteiger charge is 2.09. The Labute approximate surface area is 42.3 Å². The largest absolute Gasteiger partial charge is 0.412 e. The zero-order chi connectivity index (χ0) is 5.28. The van der Waals surface area contributed by atoms with Crippen molar-refractivity contribution < 1.29 is 4.84 Å². The Morgan fingerprint density at radius 3 is 2.71 bits per heavy atom. The summed E-state index contributed by atoms with van der Waals surface area (Å²) in [5, 5.41) is 1.57. The van der Waals surface area contributed by atoms with Crippen molar-refractivity contribution in [3.8, 4) is 0 Å². The van der Waals surface area contributed by atoms with E-state index >= 15 is 0 Å². The zero-order valence-corrected chi connectivity index (χ0v) is 4.16. The van der Waals surface area contributed by atoms with Crippen LogP contribution in [0.2, 0.25) is 0 Å². The molecular weight excluding hydrogens is 92.1 g/mol. The van der Waals surface area contributed by atoms with E-state index in [1.54, 1.807) is 24.4 Å². The molecule has 0 bridgehead atoms. The van der Waals surface area contributed by atoms with Gasteiger partial charge in [-0.05, 0) is 6.08 Å². The molecule has 1 aliphatic heterocycles. The van der Waals surface area contributed by atoms with Gasteiger partial charge in [0.1, 0.15) is 12.4 Å². The lowest BCUT2D eigenvalue weighted by atomic mass is 10.5. The van der Waals surface area contributed by atoms with Gasteiger partial charge in [0.05, 0.1) is 0 Å². The van der Waals surface area contributed by atoms with Crippen LogP contribution >= 0.6 is 0 Å². The van der Waals surface area contributed by atoms with E-state index in [4.69, 9.17) is 10.6 Å². The van der Waals surface area contributed by atoms with E-state index in [0.717, 1.165) is 0 Å². The van der Waals surface area contributed by atoms with Gasteiger partial charge in [0.2, 0.25) is 0 Å². The first-order valence-electron chi connectivity index (χ1n) is 2.12. The van der Waals surface area contributed by atoms with Crippen LogP contribution < -0.4 is 5.73 Å². The second-order valence-corrected chi connectivity index (χ2v) is 1.47. The number of likely N-dealkylation sites (N-methyl/N-ethyl adjacent to an activating group) is 1. The SMILES string of the molecule is CN1OC=CC1N. The first-order chi connectivity index (χ1) is 3.30. The minimum Gasteiger partial charge on any atom is -0.412 e. The molecule has 0 amide bonds. The van der Waals surface area contributed by atoms with Gasteiger partial charge in [-0.1, -0.05) is 0 Å². The Hall–Kier alpha value is -0.540. The van der Waals surface area contributed by atoms with Crippen LogP contribution in [-0.4, -0.2) is 18.3 Å². The van der Waals surface area contributed by atoms with Crippen LogP contribution in [0.25, 0.3) is 0 Å². The molecule has 1 aliphatic rings. The van der Waals surface area contributed by atoms with Crippen LogP contribution in [0.15, 0.2) is 12.3 Å². The molecule has 0 radical (unpaired) electrons. The first kappa shape index (κ1) is 4.61. The van der Waals surface area contributed by atoms with Crippen molar-refractivity contribution in [3.05, 3.63) is 12.3 Å². The van der Waals surface area contributed by atoms with Crippen LogP contribution in [0, 0.1) is 0 Å². The summed E-state index contributed by atoms with van der Waals surface area (Å²) < 4.78 is 0. The van der Waals surface area contributed by atoms with Crippen LogP contribution in [0.5, 0.6) is 0 Å². The van der Waals surface area contributed by atoms with E-state index in [1.165, 1.54) is 0 Å². The predicted octanol–water partition coefficient (Wildman–Crippen LogP) is -0.338. The van der Waals surface area contributed by atoms with Crippen LogP contribution in [0.1, 0.15) is 0 Å². The first-order valence-corrected chi connectivity index (χ1v) is 2.12. The molecule has 7 heavy (non-hydrogen) atoms. The molecule has 0 saturated heterocycles. The Bertz CT molecular complexity index is 91.7. The summed E-state index contributed by atoms with van der Waals surface area (Å²) in [7, 11) is 1.78. The van der Waals surface area contributed by atoms with Crippen molar-refractivity contribution in [3.63, 3.8) is 0 Å². The fourth-order valence-electron chi connectivity index (χ4n) is 0.403. The Balaban J connectivity index is 2.45. The molecule has 0 aromatic carbocycles. The van der Waals surface area contributed by atoms with Crippen molar-refractivity contribution in [2.45, 2.75) is 6.17 Å². The second kappa shape index (κ2) is 1.52. The molecule has 1 heterocycles. The monoisotopic (exact) mass is 100 g/mol. The molecule has 2 N–H and O–H groups in total. The molecule has 3 heteroatoms. The van der Waals surface area contributed by atoms with Gasteiger partial charge in [-0.3, -0.25) is 0 Å². The fraction of sp³-hybridized carbons (Fsp3) is 0.500. The van der Waals surface area contributed by atoms with Crippen molar-refractivity contribution in [1.29, 1.82) is 0 Å². The molecule has 3 nitrogen and oxygen atoms in total. The van der Waals surface area contributed by atoms with Crippen molar-refractivity contribution in [2.75, 3.05) is 7.05 Å². The minimum atomic E-state index is -0.0556. The summed E-state index contributed by atoms with van der Waals surface area (Å²) in [5.74, 6) is 0. The molecule has 0 aliphatic carbocycles. The lowest BCUT2D eigenvalue weighted by Crippen LogP contribution is -2.32. The van der Waals surface area contributed by atoms with Gasteiger partial charge in [-0.2, -0.15) is 0 Å². The summed E-state index contributed by atoms with van der Waals surface area (Å²) >= 11 is 0. The molecule has 0 aromatic rings. The summed E-state index contributed by atoms with van der Waals surface area (Å²) in [4.78, 5) is 4.79. The molecule has 1 atom stereocenters. The van der Waals surface area contributed by atoms with Gasteiger partial charge in [-0.25, -0.2) is 0 Å². The van der Waals surface area contributed by atoms with E-state index in [2.05, 4.69) is 0 Å². The Kier molecular flexibility index (Phi) is 1.00. The lowest BCUT2D eigenvalue weighted by Gasteiger charge is -2.10. The third-order valence-electron chi connectivity index (χ3n) is 0.923. The summed E-state index contributed by atoms with van der Waals surface area (Å²) in [6, 6.07) is 0. The molecular formula is C4H8N2O. The van der Waals surface area contributed by atoms with Crippen molar-refractivity contribution in [1.82, 2.24) is 5.06 Å². The Morgan fingerprint density at radius 2 is 2.57 bits per heavy atom. The smallest absolute Gasteiger partial charge is 0.114 e. The summed E-state index contributed by atoms with van der Waals surface area (Å²) in [6.45, 7) is 0. The molecule has 40 valence electrons. The molecule has 0 spiro atoms. The third kappa shape index (κ3) is 0.730. The van der Waals surface area contributed by atoms with Gasteiger partial charge in [0, 0.05) is 7.05 Å².